The number of para-hydroxylation sites is 2. The van der Waals surface area contributed by atoms with Crippen LogP contribution in [0, 0.1) is 0 Å². The standard InChI is InChI=1S/C17H19N/c1-15(2)13-14-18(16-9-5-3-6-10-16)17-11-7-4-8-12-17/h3-13H,14H2,1-2H3. The summed E-state index contributed by atoms with van der Waals surface area (Å²) in [6, 6.07) is 21.0. The molecule has 1 nitrogen and oxygen atoms in total. The minimum atomic E-state index is 0.899. The van der Waals surface area contributed by atoms with Gasteiger partial charge in [-0.2, -0.15) is 0 Å². The fourth-order valence-electron chi connectivity index (χ4n) is 1.85. The van der Waals surface area contributed by atoms with E-state index in [1.807, 2.05) is 12.1 Å². The van der Waals surface area contributed by atoms with Gasteiger partial charge in [0, 0.05) is 17.9 Å². The zero-order valence-electron chi connectivity index (χ0n) is 11.0. The van der Waals surface area contributed by atoms with E-state index in [4.69, 9.17) is 0 Å². The van der Waals surface area contributed by atoms with Gasteiger partial charge in [-0.05, 0) is 38.1 Å². The van der Waals surface area contributed by atoms with Gasteiger partial charge in [0.1, 0.15) is 0 Å². The van der Waals surface area contributed by atoms with E-state index in [0.717, 1.165) is 6.54 Å². The number of anilines is 2. The number of nitrogens with zero attached hydrogens (tertiary/aromatic N) is 1. The molecule has 0 unspecified atom stereocenters. The van der Waals surface area contributed by atoms with Crippen LogP contribution in [0.15, 0.2) is 72.3 Å². The summed E-state index contributed by atoms with van der Waals surface area (Å²) in [6.07, 6.45) is 2.25. The average molecular weight is 237 g/mol. The van der Waals surface area contributed by atoms with Gasteiger partial charge < -0.3 is 4.90 Å². The summed E-state index contributed by atoms with van der Waals surface area (Å²) in [5.74, 6) is 0. The molecule has 0 aliphatic rings. The predicted molar refractivity (Wildman–Crippen MR) is 79.3 cm³/mol. The Hall–Kier alpha value is -2.02. The van der Waals surface area contributed by atoms with Crippen molar-refractivity contribution < 1.29 is 0 Å². The van der Waals surface area contributed by atoms with Gasteiger partial charge in [0.25, 0.3) is 0 Å². The van der Waals surface area contributed by atoms with Gasteiger partial charge >= 0.3 is 0 Å². The van der Waals surface area contributed by atoms with E-state index in [-0.39, 0.29) is 0 Å². The highest BCUT2D eigenvalue weighted by atomic mass is 15.1. The van der Waals surface area contributed by atoms with E-state index >= 15 is 0 Å². The second kappa shape index (κ2) is 6.06. The van der Waals surface area contributed by atoms with Crippen molar-refractivity contribution in [1.82, 2.24) is 0 Å². The number of rotatable bonds is 4. The third-order valence-electron chi connectivity index (χ3n) is 2.82. The Bertz CT molecular complexity index is 456. The molecule has 0 saturated heterocycles. The monoisotopic (exact) mass is 237 g/mol. The second-order valence-corrected chi connectivity index (χ2v) is 4.56. The van der Waals surface area contributed by atoms with Crippen LogP contribution in [0.25, 0.3) is 0 Å². The zero-order chi connectivity index (χ0) is 12.8. The molecule has 0 fully saturated rings. The molecule has 0 amide bonds. The SMILES string of the molecule is CC(C)=CCN(c1ccccc1)c1ccccc1. The summed E-state index contributed by atoms with van der Waals surface area (Å²) in [4.78, 5) is 2.31. The average Bonchev–Trinajstić information content (AvgIpc) is 2.41. The summed E-state index contributed by atoms with van der Waals surface area (Å²) in [5.41, 5.74) is 3.79. The normalized spacial score (nSPS) is 9.89. The van der Waals surface area contributed by atoms with Crippen molar-refractivity contribution in [2.75, 3.05) is 11.4 Å². The van der Waals surface area contributed by atoms with E-state index in [0.29, 0.717) is 0 Å². The van der Waals surface area contributed by atoms with Crippen LogP contribution in [0.2, 0.25) is 0 Å². The Morgan fingerprint density at radius 2 is 1.28 bits per heavy atom. The maximum atomic E-state index is 2.31. The molecule has 2 aromatic carbocycles. The van der Waals surface area contributed by atoms with Crippen molar-refractivity contribution in [1.29, 1.82) is 0 Å². The van der Waals surface area contributed by atoms with Crippen LogP contribution in [0.5, 0.6) is 0 Å². The van der Waals surface area contributed by atoms with Gasteiger partial charge in [0.15, 0.2) is 0 Å². The van der Waals surface area contributed by atoms with Gasteiger partial charge in [-0.25, -0.2) is 0 Å². The van der Waals surface area contributed by atoms with Gasteiger partial charge in [-0.3, -0.25) is 0 Å². The second-order valence-electron chi connectivity index (χ2n) is 4.56. The molecule has 2 aromatic rings. The fourth-order valence-corrected chi connectivity index (χ4v) is 1.85. The largest absolute Gasteiger partial charge is 0.338 e. The molecule has 2 rings (SSSR count). The van der Waals surface area contributed by atoms with Crippen molar-refractivity contribution in [2.45, 2.75) is 13.8 Å². The molecule has 0 aliphatic carbocycles. The van der Waals surface area contributed by atoms with Crippen molar-refractivity contribution in [3.63, 3.8) is 0 Å². The topological polar surface area (TPSA) is 3.24 Å². The molecular formula is C17H19N. The van der Waals surface area contributed by atoms with E-state index in [1.165, 1.54) is 16.9 Å². The first-order valence-electron chi connectivity index (χ1n) is 6.28. The Kier molecular flexibility index (Phi) is 4.19. The minimum absolute atomic E-state index is 0.899. The van der Waals surface area contributed by atoms with Crippen LogP contribution >= 0.6 is 0 Å². The maximum Gasteiger partial charge on any atom is 0.0414 e. The summed E-state index contributed by atoms with van der Waals surface area (Å²) in [6.45, 7) is 5.17. The van der Waals surface area contributed by atoms with Crippen LogP contribution in [-0.4, -0.2) is 6.54 Å². The van der Waals surface area contributed by atoms with E-state index in [2.05, 4.69) is 73.4 Å². The highest BCUT2D eigenvalue weighted by Gasteiger charge is 2.06. The molecule has 0 N–H and O–H groups in total. The number of hydrogen-bond donors (Lipinski definition) is 0. The first kappa shape index (κ1) is 12.4. The molecule has 92 valence electrons. The molecule has 0 bridgehead atoms. The number of allylic oxidation sites excluding steroid dienone is 1. The van der Waals surface area contributed by atoms with Crippen molar-refractivity contribution in [2.24, 2.45) is 0 Å². The molecule has 0 aromatic heterocycles. The van der Waals surface area contributed by atoms with Crippen molar-refractivity contribution >= 4 is 11.4 Å². The van der Waals surface area contributed by atoms with E-state index < -0.39 is 0 Å². The predicted octanol–water partition coefficient (Wildman–Crippen LogP) is 4.79. The van der Waals surface area contributed by atoms with Crippen molar-refractivity contribution in [3.05, 3.63) is 72.3 Å². The number of benzene rings is 2. The summed E-state index contributed by atoms with van der Waals surface area (Å²) >= 11 is 0. The third kappa shape index (κ3) is 3.24. The van der Waals surface area contributed by atoms with Crippen LogP contribution in [0.1, 0.15) is 13.8 Å². The molecule has 0 atom stereocenters. The first-order chi connectivity index (χ1) is 8.77. The Balaban J connectivity index is 2.32. The van der Waals surface area contributed by atoms with Crippen molar-refractivity contribution in [3.8, 4) is 0 Å². The minimum Gasteiger partial charge on any atom is -0.338 e. The molecular weight excluding hydrogens is 218 g/mol. The quantitative estimate of drug-likeness (QED) is 0.691. The van der Waals surface area contributed by atoms with Crippen LogP contribution in [-0.2, 0) is 0 Å². The molecule has 0 saturated carbocycles. The lowest BCUT2D eigenvalue weighted by Gasteiger charge is -2.23. The maximum absolute atomic E-state index is 2.31. The highest BCUT2D eigenvalue weighted by molar-refractivity contribution is 5.63. The molecule has 0 heterocycles. The van der Waals surface area contributed by atoms with Crippen LogP contribution in [0.3, 0.4) is 0 Å². The number of hydrogen-bond acceptors (Lipinski definition) is 1. The molecule has 1 heteroatoms. The van der Waals surface area contributed by atoms with Gasteiger partial charge in [-0.15, -0.1) is 0 Å². The molecule has 0 aliphatic heterocycles. The molecule has 0 spiro atoms. The lowest BCUT2D eigenvalue weighted by molar-refractivity contribution is 1.08. The summed E-state index contributed by atoms with van der Waals surface area (Å²) in [5, 5.41) is 0. The highest BCUT2D eigenvalue weighted by Crippen LogP contribution is 2.24. The Morgan fingerprint density at radius 1 is 0.833 bits per heavy atom. The van der Waals surface area contributed by atoms with E-state index in [9.17, 15) is 0 Å². The third-order valence-corrected chi connectivity index (χ3v) is 2.82. The first-order valence-corrected chi connectivity index (χ1v) is 6.28. The molecule has 18 heavy (non-hydrogen) atoms. The Labute approximate surface area is 109 Å². The van der Waals surface area contributed by atoms with Gasteiger partial charge in [0.05, 0.1) is 0 Å². The lowest BCUT2D eigenvalue weighted by atomic mass is 10.2. The summed E-state index contributed by atoms with van der Waals surface area (Å²) in [7, 11) is 0. The van der Waals surface area contributed by atoms with E-state index in [1.54, 1.807) is 0 Å². The van der Waals surface area contributed by atoms with Gasteiger partial charge in [-0.1, -0.05) is 48.0 Å². The smallest absolute Gasteiger partial charge is 0.0414 e. The Morgan fingerprint density at radius 3 is 1.67 bits per heavy atom. The summed E-state index contributed by atoms with van der Waals surface area (Å²) < 4.78 is 0. The zero-order valence-corrected chi connectivity index (χ0v) is 11.0. The fraction of sp³-hybridized carbons (Fsp3) is 0.176. The molecule has 0 radical (unpaired) electrons. The lowest BCUT2D eigenvalue weighted by Crippen LogP contribution is -2.16. The van der Waals surface area contributed by atoms with Gasteiger partial charge in [0.2, 0.25) is 0 Å². The van der Waals surface area contributed by atoms with Crippen LogP contribution in [0.4, 0.5) is 11.4 Å². The van der Waals surface area contributed by atoms with Crippen LogP contribution < -0.4 is 4.90 Å².